The SMILES string of the molecule is CC(NCC(O)c1ccc([N+](=O)[O-])cc1)C(N)=O. The molecule has 7 heteroatoms. The van der Waals surface area contributed by atoms with Gasteiger partial charge in [-0.05, 0) is 24.6 Å². The lowest BCUT2D eigenvalue weighted by Crippen LogP contribution is -2.40. The maximum Gasteiger partial charge on any atom is 0.269 e. The molecule has 0 aliphatic heterocycles. The van der Waals surface area contributed by atoms with E-state index in [4.69, 9.17) is 5.73 Å². The van der Waals surface area contributed by atoms with Crippen molar-refractivity contribution < 1.29 is 14.8 Å². The number of nitro groups is 1. The largest absolute Gasteiger partial charge is 0.387 e. The molecule has 2 unspecified atom stereocenters. The number of aliphatic hydroxyl groups is 1. The van der Waals surface area contributed by atoms with Gasteiger partial charge in [-0.3, -0.25) is 14.9 Å². The first kappa shape index (κ1) is 14.1. The van der Waals surface area contributed by atoms with Crippen molar-refractivity contribution in [3.8, 4) is 0 Å². The fraction of sp³-hybridized carbons (Fsp3) is 0.364. The number of carbonyl (C=O) groups is 1. The molecule has 0 fully saturated rings. The molecule has 1 amide bonds. The Morgan fingerprint density at radius 2 is 2.06 bits per heavy atom. The van der Waals surface area contributed by atoms with E-state index in [0.717, 1.165) is 0 Å². The molecule has 0 bridgehead atoms. The first-order valence-electron chi connectivity index (χ1n) is 5.37. The topological polar surface area (TPSA) is 118 Å². The Balaban J connectivity index is 2.59. The van der Waals surface area contributed by atoms with E-state index in [1.807, 2.05) is 0 Å². The molecular weight excluding hydrogens is 238 g/mol. The van der Waals surface area contributed by atoms with Crippen LogP contribution in [-0.4, -0.2) is 28.5 Å². The minimum absolute atomic E-state index is 0.0376. The van der Waals surface area contributed by atoms with Crippen molar-refractivity contribution in [1.82, 2.24) is 5.32 Å². The highest BCUT2D eigenvalue weighted by molar-refractivity contribution is 5.79. The van der Waals surface area contributed by atoms with Crippen LogP contribution in [0.4, 0.5) is 5.69 Å². The first-order chi connectivity index (χ1) is 8.41. The number of nitrogens with zero attached hydrogens (tertiary/aromatic N) is 1. The maximum atomic E-state index is 10.8. The smallest absolute Gasteiger partial charge is 0.269 e. The van der Waals surface area contributed by atoms with Gasteiger partial charge in [0.05, 0.1) is 17.1 Å². The Morgan fingerprint density at radius 3 is 2.50 bits per heavy atom. The van der Waals surface area contributed by atoms with Crippen molar-refractivity contribution in [1.29, 1.82) is 0 Å². The zero-order valence-electron chi connectivity index (χ0n) is 9.87. The monoisotopic (exact) mass is 253 g/mol. The lowest BCUT2D eigenvalue weighted by molar-refractivity contribution is -0.384. The zero-order chi connectivity index (χ0) is 13.7. The molecule has 98 valence electrons. The van der Waals surface area contributed by atoms with Crippen LogP contribution in [0.1, 0.15) is 18.6 Å². The minimum atomic E-state index is -0.854. The molecular formula is C11H15N3O4. The summed E-state index contributed by atoms with van der Waals surface area (Å²) in [5.41, 5.74) is 5.55. The van der Waals surface area contributed by atoms with Gasteiger partial charge in [-0.2, -0.15) is 0 Å². The number of nitrogens with one attached hydrogen (secondary N) is 1. The van der Waals surface area contributed by atoms with Gasteiger partial charge in [0.1, 0.15) is 0 Å². The molecule has 0 aromatic heterocycles. The Hall–Kier alpha value is -1.99. The summed E-state index contributed by atoms with van der Waals surface area (Å²) in [5, 5.41) is 23.0. The number of amides is 1. The third-order valence-electron chi connectivity index (χ3n) is 2.53. The predicted octanol–water partition coefficient (Wildman–Crippen LogP) is 0.0916. The van der Waals surface area contributed by atoms with Crippen molar-refractivity contribution in [2.45, 2.75) is 19.1 Å². The number of benzene rings is 1. The number of non-ortho nitro benzene ring substituents is 1. The van der Waals surface area contributed by atoms with Crippen LogP contribution in [0.5, 0.6) is 0 Å². The van der Waals surface area contributed by atoms with Gasteiger partial charge in [0, 0.05) is 18.7 Å². The van der Waals surface area contributed by atoms with Crippen molar-refractivity contribution in [2.75, 3.05) is 6.54 Å². The Labute approximate surface area is 104 Å². The summed E-state index contributed by atoms with van der Waals surface area (Å²) in [7, 11) is 0. The van der Waals surface area contributed by atoms with Crippen LogP contribution in [0.2, 0.25) is 0 Å². The Morgan fingerprint density at radius 1 is 1.50 bits per heavy atom. The molecule has 4 N–H and O–H groups in total. The van der Waals surface area contributed by atoms with E-state index in [2.05, 4.69) is 5.32 Å². The molecule has 0 saturated heterocycles. The van der Waals surface area contributed by atoms with Gasteiger partial charge in [-0.25, -0.2) is 0 Å². The number of aliphatic hydroxyl groups excluding tert-OH is 1. The van der Waals surface area contributed by atoms with E-state index < -0.39 is 23.0 Å². The van der Waals surface area contributed by atoms with E-state index in [-0.39, 0.29) is 12.2 Å². The molecule has 0 aliphatic rings. The standard InChI is InChI=1S/C11H15N3O4/c1-7(11(12)16)13-6-10(15)8-2-4-9(5-3-8)14(17)18/h2-5,7,10,13,15H,6H2,1H3,(H2,12,16). The van der Waals surface area contributed by atoms with Gasteiger partial charge >= 0.3 is 0 Å². The Bertz CT molecular complexity index is 432. The number of carbonyl (C=O) groups excluding carboxylic acids is 1. The second-order valence-electron chi connectivity index (χ2n) is 3.90. The molecule has 7 nitrogen and oxygen atoms in total. The molecule has 0 spiro atoms. The number of hydrogen-bond acceptors (Lipinski definition) is 5. The summed E-state index contributed by atoms with van der Waals surface area (Å²) in [6.45, 7) is 1.73. The van der Waals surface area contributed by atoms with Crippen LogP contribution in [0.3, 0.4) is 0 Å². The van der Waals surface area contributed by atoms with Crippen LogP contribution in [0, 0.1) is 10.1 Å². The fourth-order valence-corrected chi connectivity index (χ4v) is 1.33. The molecule has 1 aromatic carbocycles. The lowest BCUT2D eigenvalue weighted by Gasteiger charge is -2.14. The average molecular weight is 253 g/mol. The summed E-state index contributed by atoms with van der Waals surface area (Å²) < 4.78 is 0. The van der Waals surface area contributed by atoms with Gasteiger partial charge < -0.3 is 16.2 Å². The van der Waals surface area contributed by atoms with E-state index in [1.54, 1.807) is 6.92 Å². The highest BCUT2D eigenvalue weighted by Gasteiger charge is 2.13. The van der Waals surface area contributed by atoms with E-state index in [0.29, 0.717) is 5.56 Å². The van der Waals surface area contributed by atoms with E-state index in [9.17, 15) is 20.0 Å². The molecule has 0 saturated carbocycles. The Kier molecular flexibility index (Phi) is 4.75. The molecule has 0 heterocycles. The highest BCUT2D eigenvalue weighted by atomic mass is 16.6. The fourth-order valence-electron chi connectivity index (χ4n) is 1.33. The summed E-state index contributed by atoms with van der Waals surface area (Å²) >= 11 is 0. The van der Waals surface area contributed by atoms with Crippen molar-refractivity contribution in [3.63, 3.8) is 0 Å². The maximum absolute atomic E-state index is 10.8. The number of nitrogens with two attached hydrogens (primary N) is 1. The summed E-state index contributed by atoms with van der Waals surface area (Å²) in [5.74, 6) is -0.508. The quantitative estimate of drug-likeness (QED) is 0.490. The van der Waals surface area contributed by atoms with Crippen LogP contribution < -0.4 is 11.1 Å². The van der Waals surface area contributed by atoms with Crippen molar-refractivity contribution >= 4 is 11.6 Å². The van der Waals surface area contributed by atoms with Crippen molar-refractivity contribution in [3.05, 3.63) is 39.9 Å². The summed E-state index contributed by atoms with van der Waals surface area (Å²) in [6, 6.07) is 5.03. The molecule has 0 aliphatic carbocycles. The summed E-state index contributed by atoms with van der Waals surface area (Å²) in [4.78, 5) is 20.7. The van der Waals surface area contributed by atoms with Gasteiger partial charge in [-0.1, -0.05) is 0 Å². The van der Waals surface area contributed by atoms with Gasteiger partial charge in [0.25, 0.3) is 5.69 Å². The molecule has 2 atom stereocenters. The third-order valence-corrected chi connectivity index (χ3v) is 2.53. The normalized spacial score (nSPS) is 13.9. The lowest BCUT2D eigenvalue weighted by atomic mass is 10.1. The minimum Gasteiger partial charge on any atom is -0.387 e. The number of nitro benzene ring substituents is 1. The van der Waals surface area contributed by atoms with E-state index in [1.165, 1.54) is 24.3 Å². The van der Waals surface area contributed by atoms with Gasteiger partial charge in [0.15, 0.2) is 0 Å². The summed E-state index contributed by atoms with van der Waals surface area (Å²) in [6.07, 6.45) is -0.854. The van der Waals surface area contributed by atoms with E-state index >= 15 is 0 Å². The molecule has 1 rings (SSSR count). The third kappa shape index (κ3) is 3.79. The number of hydrogen-bond donors (Lipinski definition) is 3. The first-order valence-corrected chi connectivity index (χ1v) is 5.37. The second-order valence-corrected chi connectivity index (χ2v) is 3.90. The number of primary amides is 1. The van der Waals surface area contributed by atoms with Crippen molar-refractivity contribution in [2.24, 2.45) is 5.73 Å². The molecule has 1 aromatic rings. The number of rotatable bonds is 6. The van der Waals surface area contributed by atoms with Crippen LogP contribution in [0.25, 0.3) is 0 Å². The zero-order valence-corrected chi connectivity index (χ0v) is 9.87. The predicted molar refractivity (Wildman–Crippen MR) is 64.7 cm³/mol. The highest BCUT2D eigenvalue weighted by Crippen LogP contribution is 2.17. The molecule has 18 heavy (non-hydrogen) atoms. The van der Waals surface area contributed by atoms with Crippen LogP contribution >= 0.6 is 0 Å². The average Bonchev–Trinajstić information content (AvgIpc) is 2.35. The second kappa shape index (κ2) is 6.08. The van der Waals surface area contributed by atoms with Gasteiger partial charge in [0.2, 0.25) is 5.91 Å². The molecule has 0 radical (unpaired) electrons. The van der Waals surface area contributed by atoms with Crippen LogP contribution in [0.15, 0.2) is 24.3 Å². The van der Waals surface area contributed by atoms with Gasteiger partial charge in [-0.15, -0.1) is 0 Å². The van der Waals surface area contributed by atoms with Crippen LogP contribution in [-0.2, 0) is 4.79 Å².